The topological polar surface area (TPSA) is 58.2 Å². The van der Waals surface area contributed by atoms with Gasteiger partial charge in [-0.1, -0.05) is 28.1 Å². The zero-order valence-electron chi connectivity index (χ0n) is 14.4. The van der Waals surface area contributed by atoms with Crippen LogP contribution < -0.4 is 0 Å². The minimum atomic E-state index is -1.08. The van der Waals surface area contributed by atoms with Gasteiger partial charge in [0.15, 0.2) is 0 Å². The number of rotatable bonds is 2. The number of hydrogen-bond acceptors (Lipinski definition) is 3. The summed E-state index contributed by atoms with van der Waals surface area (Å²) in [5.74, 6) is 0.573. The van der Waals surface area contributed by atoms with Crippen molar-refractivity contribution < 1.29 is 13.9 Å². The van der Waals surface area contributed by atoms with E-state index in [1.54, 1.807) is 27.0 Å². The molecule has 2 aromatic rings. The SMILES string of the molecule is CC(C)(C)OC(=O)N1CC(F)CC1c1ncc(-c2ccc(Br)cc2)[nH]1. The lowest BCUT2D eigenvalue weighted by atomic mass is 10.2. The second-order valence-electron chi connectivity index (χ2n) is 7.17. The lowest BCUT2D eigenvalue weighted by Gasteiger charge is -2.27. The molecule has 1 aromatic carbocycles. The maximum atomic E-state index is 14.0. The van der Waals surface area contributed by atoms with Gasteiger partial charge >= 0.3 is 6.09 Å². The van der Waals surface area contributed by atoms with Crippen molar-refractivity contribution in [1.82, 2.24) is 14.9 Å². The van der Waals surface area contributed by atoms with Crippen molar-refractivity contribution in [2.45, 2.75) is 45.0 Å². The highest BCUT2D eigenvalue weighted by molar-refractivity contribution is 9.10. The van der Waals surface area contributed by atoms with Crippen molar-refractivity contribution in [2.24, 2.45) is 0 Å². The second-order valence-corrected chi connectivity index (χ2v) is 8.09. The minimum Gasteiger partial charge on any atom is -0.444 e. The third-order valence-electron chi connectivity index (χ3n) is 3.94. The Labute approximate surface area is 154 Å². The summed E-state index contributed by atoms with van der Waals surface area (Å²) in [6.45, 7) is 5.40. The largest absolute Gasteiger partial charge is 0.444 e. The third kappa shape index (κ3) is 4.21. The average Bonchev–Trinajstić information content (AvgIpc) is 3.12. The van der Waals surface area contributed by atoms with Crippen molar-refractivity contribution in [2.75, 3.05) is 6.54 Å². The van der Waals surface area contributed by atoms with Crippen molar-refractivity contribution in [3.63, 3.8) is 0 Å². The van der Waals surface area contributed by atoms with Gasteiger partial charge < -0.3 is 9.72 Å². The number of H-pyrrole nitrogens is 1. The van der Waals surface area contributed by atoms with Crippen LogP contribution >= 0.6 is 15.9 Å². The highest BCUT2D eigenvalue weighted by Gasteiger charge is 2.40. The van der Waals surface area contributed by atoms with E-state index >= 15 is 0 Å². The molecule has 1 N–H and O–H groups in total. The zero-order chi connectivity index (χ0) is 18.2. The summed E-state index contributed by atoms with van der Waals surface area (Å²) in [7, 11) is 0. The van der Waals surface area contributed by atoms with Crippen LogP contribution in [0.2, 0.25) is 0 Å². The lowest BCUT2D eigenvalue weighted by molar-refractivity contribution is 0.0211. The van der Waals surface area contributed by atoms with Gasteiger partial charge in [0.2, 0.25) is 0 Å². The Bertz CT molecular complexity index is 754. The van der Waals surface area contributed by atoms with E-state index in [0.717, 1.165) is 15.7 Å². The van der Waals surface area contributed by atoms with Crippen molar-refractivity contribution >= 4 is 22.0 Å². The smallest absolute Gasteiger partial charge is 0.411 e. The number of alkyl halides is 1. The van der Waals surface area contributed by atoms with Crippen molar-refractivity contribution in [1.29, 1.82) is 0 Å². The number of nitrogens with one attached hydrogen (secondary N) is 1. The first-order valence-electron chi connectivity index (χ1n) is 8.17. The molecule has 2 atom stereocenters. The summed E-state index contributed by atoms with van der Waals surface area (Å²) in [5, 5.41) is 0. The van der Waals surface area contributed by atoms with E-state index in [1.165, 1.54) is 4.90 Å². The Kier molecular flexibility index (Phi) is 4.86. The van der Waals surface area contributed by atoms with Crippen LogP contribution in [0.4, 0.5) is 9.18 Å². The number of likely N-dealkylation sites (tertiary alicyclic amines) is 1. The summed E-state index contributed by atoms with van der Waals surface area (Å²) in [4.78, 5) is 21.4. The van der Waals surface area contributed by atoms with Crippen LogP contribution in [0.25, 0.3) is 11.3 Å². The molecule has 3 rings (SSSR count). The van der Waals surface area contributed by atoms with Crippen LogP contribution in [-0.2, 0) is 4.74 Å². The molecule has 7 heteroatoms. The Morgan fingerprint density at radius 1 is 1.36 bits per heavy atom. The number of halogens is 2. The normalized spacial score (nSPS) is 20.8. The fourth-order valence-electron chi connectivity index (χ4n) is 2.85. The first-order valence-corrected chi connectivity index (χ1v) is 8.97. The molecule has 1 aliphatic heterocycles. The van der Waals surface area contributed by atoms with Gasteiger partial charge in [0.05, 0.1) is 24.5 Å². The summed E-state index contributed by atoms with van der Waals surface area (Å²) in [6, 6.07) is 7.35. The van der Waals surface area contributed by atoms with Gasteiger partial charge in [-0.3, -0.25) is 4.90 Å². The molecule has 1 amide bonds. The third-order valence-corrected chi connectivity index (χ3v) is 4.47. The van der Waals surface area contributed by atoms with Crippen LogP contribution in [0.5, 0.6) is 0 Å². The minimum absolute atomic E-state index is 0.0217. The number of nitrogens with zero attached hydrogens (tertiary/aromatic N) is 2. The van der Waals surface area contributed by atoms with E-state index in [-0.39, 0.29) is 13.0 Å². The van der Waals surface area contributed by atoms with Crippen LogP contribution in [0.15, 0.2) is 34.9 Å². The van der Waals surface area contributed by atoms with Gasteiger partial charge in [0.25, 0.3) is 0 Å². The molecule has 1 aliphatic rings. The molecule has 1 saturated heterocycles. The molecule has 0 aliphatic carbocycles. The van der Waals surface area contributed by atoms with Crippen LogP contribution in [0, 0.1) is 0 Å². The first kappa shape index (κ1) is 17.9. The number of aromatic nitrogens is 2. The van der Waals surface area contributed by atoms with Gasteiger partial charge in [-0.25, -0.2) is 14.2 Å². The van der Waals surface area contributed by atoms with Crippen molar-refractivity contribution in [3.05, 3.63) is 40.8 Å². The highest BCUT2D eigenvalue weighted by atomic mass is 79.9. The fourth-order valence-corrected chi connectivity index (χ4v) is 3.11. The maximum absolute atomic E-state index is 14.0. The molecule has 2 heterocycles. The molecule has 134 valence electrons. The molecular weight excluding hydrogens is 389 g/mol. The number of aromatic amines is 1. The number of carbonyl (C=O) groups is 1. The van der Waals surface area contributed by atoms with Gasteiger partial charge in [-0.2, -0.15) is 0 Å². The van der Waals surface area contributed by atoms with Crippen molar-refractivity contribution in [3.8, 4) is 11.3 Å². The second kappa shape index (κ2) is 6.78. The molecule has 0 spiro atoms. The Morgan fingerprint density at radius 2 is 2.04 bits per heavy atom. The fraction of sp³-hybridized carbons (Fsp3) is 0.444. The van der Waals surface area contributed by atoms with Crippen LogP contribution in [-0.4, -0.2) is 39.3 Å². The summed E-state index contributed by atoms with van der Waals surface area (Å²) in [6.07, 6.45) is 0.321. The molecule has 25 heavy (non-hydrogen) atoms. The quantitative estimate of drug-likeness (QED) is 0.770. The van der Waals surface area contributed by atoms with Gasteiger partial charge in [0.1, 0.15) is 17.6 Å². The highest BCUT2D eigenvalue weighted by Crippen LogP contribution is 2.34. The molecule has 2 unspecified atom stereocenters. The number of imidazole rings is 1. The molecule has 1 fully saturated rings. The zero-order valence-corrected chi connectivity index (χ0v) is 16.0. The average molecular weight is 410 g/mol. The molecule has 1 aromatic heterocycles. The number of amides is 1. The number of ether oxygens (including phenoxy) is 1. The van der Waals surface area contributed by atoms with Gasteiger partial charge in [-0.05, 0) is 38.5 Å². The first-order chi connectivity index (χ1) is 11.7. The van der Waals surface area contributed by atoms with E-state index in [0.29, 0.717) is 5.82 Å². The van der Waals surface area contributed by atoms with E-state index in [1.807, 2.05) is 24.3 Å². The predicted molar refractivity (Wildman–Crippen MR) is 96.9 cm³/mol. The lowest BCUT2D eigenvalue weighted by Crippen LogP contribution is -2.37. The molecule has 0 bridgehead atoms. The molecule has 0 radical (unpaired) electrons. The monoisotopic (exact) mass is 409 g/mol. The molecular formula is C18H21BrFN3O2. The Balaban J connectivity index is 1.82. The molecule has 0 saturated carbocycles. The predicted octanol–water partition coefficient (Wildman–Crippen LogP) is 4.86. The number of carbonyl (C=O) groups excluding carboxylic acids is 1. The summed E-state index contributed by atoms with van der Waals surface area (Å²) in [5.41, 5.74) is 1.18. The van der Waals surface area contributed by atoms with Gasteiger partial charge in [-0.15, -0.1) is 0 Å². The van der Waals surface area contributed by atoms with Crippen LogP contribution in [0.1, 0.15) is 39.1 Å². The Hall–Kier alpha value is -1.89. The maximum Gasteiger partial charge on any atom is 0.411 e. The van der Waals surface area contributed by atoms with E-state index < -0.39 is 23.9 Å². The van der Waals surface area contributed by atoms with E-state index in [9.17, 15) is 9.18 Å². The standard InChI is InChI=1S/C18H21BrFN3O2/c1-18(2,3)25-17(24)23-10-13(20)8-15(23)16-21-9-14(22-16)11-4-6-12(19)7-5-11/h4-7,9,13,15H,8,10H2,1-3H3,(H,21,22). The molecule has 5 nitrogen and oxygen atoms in total. The van der Waals surface area contributed by atoms with Crippen LogP contribution in [0.3, 0.4) is 0 Å². The summed E-state index contributed by atoms with van der Waals surface area (Å²) >= 11 is 3.41. The van der Waals surface area contributed by atoms with E-state index in [2.05, 4.69) is 25.9 Å². The van der Waals surface area contributed by atoms with E-state index in [4.69, 9.17) is 4.74 Å². The van der Waals surface area contributed by atoms with Gasteiger partial charge in [0, 0.05) is 10.9 Å². The summed E-state index contributed by atoms with van der Waals surface area (Å²) < 4.78 is 20.4. The Morgan fingerprint density at radius 3 is 2.68 bits per heavy atom. The number of benzene rings is 1. The number of hydrogen-bond donors (Lipinski definition) is 1.